The minimum absolute atomic E-state index is 0.0833. The van der Waals surface area contributed by atoms with Crippen molar-refractivity contribution in [3.63, 3.8) is 0 Å². The van der Waals surface area contributed by atoms with Gasteiger partial charge in [-0.15, -0.1) is 0 Å². The van der Waals surface area contributed by atoms with E-state index < -0.39 is 10.0 Å². The molecule has 8 heteroatoms. The van der Waals surface area contributed by atoms with Crippen LogP contribution in [0, 0.1) is 6.92 Å². The number of anilines is 1. The summed E-state index contributed by atoms with van der Waals surface area (Å²) >= 11 is 0. The highest BCUT2D eigenvalue weighted by atomic mass is 32.2. The minimum Gasteiger partial charge on any atom is -0.497 e. The SMILES string of the molecule is COc1ccc(NC(=O)[C@H](C)[NH+]2CCN(S(=O)(=O)c3ccc(C)cc3)CC2)cc1. The summed E-state index contributed by atoms with van der Waals surface area (Å²) in [6, 6.07) is 13.8. The molecule has 29 heavy (non-hydrogen) atoms. The monoisotopic (exact) mass is 418 g/mol. The molecule has 1 aliphatic rings. The summed E-state index contributed by atoms with van der Waals surface area (Å²) in [6.07, 6.45) is 0. The smallest absolute Gasteiger partial charge is 0.282 e. The molecule has 1 fully saturated rings. The van der Waals surface area contributed by atoms with Gasteiger partial charge in [-0.1, -0.05) is 17.7 Å². The van der Waals surface area contributed by atoms with Crippen molar-refractivity contribution in [3.05, 3.63) is 54.1 Å². The largest absolute Gasteiger partial charge is 0.497 e. The first kappa shape index (κ1) is 21.3. The van der Waals surface area contributed by atoms with E-state index in [0.29, 0.717) is 36.8 Å². The van der Waals surface area contributed by atoms with E-state index in [4.69, 9.17) is 4.74 Å². The molecule has 0 bridgehead atoms. The summed E-state index contributed by atoms with van der Waals surface area (Å²) in [5.74, 6) is 0.646. The Labute approximate surface area is 172 Å². The Hall–Kier alpha value is -2.42. The summed E-state index contributed by atoms with van der Waals surface area (Å²) < 4.78 is 32.3. The van der Waals surface area contributed by atoms with Gasteiger partial charge in [0.1, 0.15) is 5.75 Å². The molecular weight excluding hydrogens is 390 g/mol. The fraction of sp³-hybridized carbons (Fsp3) is 0.381. The molecule has 0 aromatic heterocycles. The number of rotatable bonds is 6. The molecule has 1 aliphatic heterocycles. The van der Waals surface area contributed by atoms with Crippen molar-refractivity contribution in [1.29, 1.82) is 0 Å². The molecule has 0 aliphatic carbocycles. The Morgan fingerprint density at radius 1 is 1.07 bits per heavy atom. The van der Waals surface area contributed by atoms with E-state index >= 15 is 0 Å². The zero-order valence-electron chi connectivity index (χ0n) is 17.0. The van der Waals surface area contributed by atoms with E-state index in [2.05, 4.69) is 5.32 Å². The van der Waals surface area contributed by atoms with Gasteiger partial charge in [-0.05, 0) is 50.2 Å². The van der Waals surface area contributed by atoms with Crippen LogP contribution in [0.1, 0.15) is 12.5 Å². The van der Waals surface area contributed by atoms with Crippen LogP contribution in [-0.4, -0.2) is 58.0 Å². The number of piperazine rings is 1. The van der Waals surface area contributed by atoms with Crippen LogP contribution in [0.5, 0.6) is 5.75 Å². The third-order valence-electron chi connectivity index (χ3n) is 5.39. The van der Waals surface area contributed by atoms with Gasteiger partial charge in [0.25, 0.3) is 5.91 Å². The third kappa shape index (κ3) is 4.95. The van der Waals surface area contributed by atoms with Crippen LogP contribution in [0.3, 0.4) is 0 Å². The van der Waals surface area contributed by atoms with Crippen LogP contribution in [0.4, 0.5) is 5.69 Å². The summed E-state index contributed by atoms with van der Waals surface area (Å²) in [4.78, 5) is 14.0. The van der Waals surface area contributed by atoms with Gasteiger partial charge in [-0.3, -0.25) is 4.79 Å². The van der Waals surface area contributed by atoms with Gasteiger partial charge in [-0.2, -0.15) is 4.31 Å². The maximum Gasteiger partial charge on any atom is 0.282 e. The first-order valence-corrected chi connectivity index (χ1v) is 11.1. The molecule has 7 nitrogen and oxygen atoms in total. The van der Waals surface area contributed by atoms with Crippen molar-refractivity contribution in [1.82, 2.24) is 4.31 Å². The summed E-state index contributed by atoms with van der Waals surface area (Å²) in [7, 11) is -1.90. The van der Waals surface area contributed by atoms with E-state index in [0.717, 1.165) is 16.2 Å². The number of amides is 1. The molecular formula is C21H28N3O4S+. The average molecular weight is 419 g/mol. The van der Waals surface area contributed by atoms with Crippen LogP contribution in [-0.2, 0) is 14.8 Å². The van der Waals surface area contributed by atoms with Crippen molar-refractivity contribution in [2.24, 2.45) is 0 Å². The number of hydrogen-bond donors (Lipinski definition) is 2. The molecule has 1 atom stereocenters. The Bertz CT molecular complexity index is 935. The fourth-order valence-electron chi connectivity index (χ4n) is 3.42. The number of benzene rings is 2. The Morgan fingerprint density at radius 3 is 2.21 bits per heavy atom. The van der Waals surface area contributed by atoms with Crippen molar-refractivity contribution < 1.29 is 22.8 Å². The van der Waals surface area contributed by atoms with Crippen LogP contribution in [0.15, 0.2) is 53.4 Å². The quantitative estimate of drug-likeness (QED) is 0.731. The van der Waals surface area contributed by atoms with Crippen LogP contribution in [0.25, 0.3) is 0 Å². The predicted molar refractivity (Wildman–Crippen MR) is 112 cm³/mol. The second kappa shape index (κ2) is 8.94. The predicted octanol–water partition coefficient (Wildman–Crippen LogP) is 0.920. The number of nitrogens with zero attached hydrogens (tertiary/aromatic N) is 1. The van der Waals surface area contributed by atoms with E-state index in [-0.39, 0.29) is 11.9 Å². The molecule has 3 rings (SSSR count). The van der Waals surface area contributed by atoms with Gasteiger partial charge in [0, 0.05) is 5.69 Å². The van der Waals surface area contributed by atoms with Crippen LogP contribution >= 0.6 is 0 Å². The van der Waals surface area contributed by atoms with Crippen LogP contribution in [0.2, 0.25) is 0 Å². The molecule has 1 saturated heterocycles. The average Bonchev–Trinajstić information content (AvgIpc) is 2.74. The second-order valence-electron chi connectivity index (χ2n) is 7.31. The molecule has 1 heterocycles. The molecule has 2 aromatic carbocycles. The minimum atomic E-state index is -3.50. The zero-order chi connectivity index (χ0) is 21.0. The first-order valence-electron chi connectivity index (χ1n) is 9.67. The van der Waals surface area contributed by atoms with E-state index in [1.54, 1.807) is 55.6 Å². The number of carbonyl (C=O) groups excluding carboxylic acids is 1. The van der Waals surface area contributed by atoms with Gasteiger partial charge in [0.05, 0.1) is 38.2 Å². The van der Waals surface area contributed by atoms with Gasteiger partial charge < -0.3 is 15.0 Å². The number of sulfonamides is 1. The second-order valence-corrected chi connectivity index (χ2v) is 9.25. The molecule has 1 amide bonds. The molecule has 2 aromatic rings. The summed E-state index contributed by atoms with van der Waals surface area (Å²) in [5.41, 5.74) is 1.73. The molecule has 0 spiro atoms. The molecule has 0 radical (unpaired) electrons. The van der Waals surface area contributed by atoms with Crippen molar-refractivity contribution >= 4 is 21.6 Å². The summed E-state index contributed by atoms with van der Waals surface area (Å²) in [6.45, 7) is 5.76. The van der Waals surface area contributed by atoms with E-state index in [1.165, 1.54) is 4.31 Å². The van der Waals surface area contributed by atoms with Gasteiger partial charge in [0.2, 0.25) is 10.0 Å². The fourth-order valence-corrected chi connectivity index (χ4v) is 4.86. The van der Waals surface area contributed by atoms with Gasteiger partial charge in [-0.25, -0.2) is 8.42 Å². The maximum atomic E-state index is 12.8. The topological polar surface area (TPSA) is 80.2 Å². The lowest BCUT2D eigenvalue weighted by Gasteiger charge is -2.34. The number of carbonyl (C=O) groups is 1. The Balaban J connectivity index is 1.57. The molecule has 2 N–H and O–H groups in total. The highest BCUT2D eigenvalue weighted by Gasteiger charge is 2.34. The van der Waals surface area contributed by atoms with Crippen molar-refractivity contribution in [3.8, 4) is 5.75 Å². The Morgan fingerprint density at radius 2 is 1.66 bits per heavy atom. The van der Waals surface area contributed by atoms with Gasteiger partial charge >= 0.3 is 0 Å². The molecule has 0 saturated carbocycles. The number of methoxy groups -OCH3 is 1. The highest BCUT2D eigenvalue weighted by Crippen LogP contribution is 2.17. The van der Waals surface area contributed by atoms with Crippen molar-refractivity contribution in [2.75, 3.05) is 38.6 Å². The lowest BCUT2D eigenvalue weighted by atomic mass is 10.2. The molecule has 0 unspecified atom stereocenters. The third-order valence-corrected chi connectivity index (χ3v) is 7.30. The standard InChI is InChI=1S/C21H27N3O4S/c1-16-4-10-20(11-5-16)29(26,27)24-14-12-23(13-15-24)17(2)21(25)22-18-6-8-19(28-3)9-7-18/h4-11,17H,12-15H2,1-3H3,(H,22,25)/p+1/t17-/m0/s1. The maximum absolute atomic E-state index is 12.8. The lowest BCUT2D eigenvalue weighted by molar-refractivity contribution is -0.917. The van der Waals surface area contributed by atoms with Gasteiger partial charge in [0.15, 0.2) is 6.04 Å². The Kier molecular flexibility index (Phi) is 6.56. The van der Waals surface area contributed by atoms with E-state index in [9.17, 15) is 13.2 Å². The molecule has 156 valence electrons. The normalized spacial score (nSPS) is 16.9. The summed E-state index contributed by atoms with van der Waals surface area (Å²) in [5, 5.41) is 2.92. The lowest BCUT2D eigenvalue weighted by Crippen LogP contribution is -3.19. The number of nitrogens with one attached hydrogen (secondary N) is 2. The van der Waals surface area contributed by atoms with Crippen molar-refractivity contribution in [2.45, 2.75) is 24.8 Å². The van der Waals surface area contributed by atoms with E-state index in [1.807, 2.05) is 13.8 Å². The number of hydrogen-bond acceptors (Lipinski definition) is 4. The number of aryl methyl sites for hydroxylation is 1. The van der Waals surface area contributed by atoms with Crippen LogP contribution < -0.4 is 15.0 Å². The number of quaternary nitrogens is 1. The highest BCUT2D eigenvalue weighted by molar-refractivity contribution is 7.89. The first-order chi connectivity index (χ1) is 13.8. The zero-order valence-corrected chi connectivity index (χ0v) is 17.8. The number of ether oxygens (including phenoxy) is 1.